The van der Waals surface area contributed by atoms with Gasteiger partial charge in [0.15, 0.2) is 0 Å². The van der Waals surface area contributed by atoms with Crippen molar-refractivity contribution in [2.24, 2.45) is 0 Å². The lowest BCUT2D eigenvalue weighted by molar-refractivity contribution is 1.65. The molecule has 0 radical (unpaired) electrons. The van der Waals surface area contributed by atoms with Crippen LogP contribution in [0.25, 0.3) is 0 Å². The van der Waals surface area contributed by atoms with Gasteiger partial charge in [-0.15, -0.1) is 0 Å². The van der Waals surface area contributed by atoms with Crippen molar-refractivity contribution in [2.45, 2.75) is 0 Å². The van der Waals surface area contributed by atoms with E-state index in [4.69, 9.17) is 0 Å². The summed E-state index contributed by atoms with van der Waals surface area (Å²) in [6.07, 6.45) is 0. The molecule has 1 rings (SSSR count). The minimum atomic E-state index is -0.888. The summed E-state index contributed by atoms with van der Waals surface area (Å²) in [5.41, 5.74) is 1.23. The Balaban J connectivity index is 2.66. The summed E-state index contributed by atoms with van der Waals surface area (Å²) in [4.78, 5) is 0. The van der Waals surface area contributed by atoms with E-state index in [0.717, 1.165) is 0 Å². The van der Waals surface area contributed by atoms with Gasteiger partial charge in [-0.3, -0.25) is 5.09 Å². The molecule has 0 aromatic heterocycles. The van der Waals surface area contributed by atoms with Crippen LogP contribution in [0, 0.1) is 0 Å². The van der Waals surface area contributed by atoms with Gasteiger partial charge in [0.05, 0.1) is 33.1 Å². The lowest BCUT2D eigenvalue weighted by atomic mass is 10.3. The van der Waals surface area contributed by atoms with Crippen LogP contribution in [0.2, 0.25) is 0 Å². The maximum absolute atomic E-state index is 3.49. The molecular formula is C9H15NP+. The Morgan fingerprint density at radius 1 is 1.00 bits per heavy atom. The van der Waals surface area contributed by atoms with Gasteiger partial charge in [-0.05, 0) is 12.1 Å². The number of anilines is 1. The zero-order valence-electron chi connectivity index (χ0n) is 7.33. The highest BCUT2D eigenvalue weighted by Gasteiger charge is 2.15. The molecule has 2 heteroatoms. The highest BCUT2D eigenvalue weighted by atomic mass is 31.2. The average Bonchev–Trinajstić information content (AvgIpc) is 1.85. The lowest BCUT2D eigenvalue weighted by Crippen LogP contribution is -1.98. The van der Waals surface area contributed by atoms with E-state index in [9.17, 15) is 0 Å². The normalized spacial score (nSPS) is 11.2. The van der Waals surface area contributed by atoms with E-state index in [1.807, 2.05) is 6.07 Å². The molecular weight excluding hydrogens is 153 g/mol. The second-order valence-electron chi connectivity index (χ2n) is 3.49. The van der Waals surface area contributed by atoms with Gasteiger partial charge in [-0.25, -0.2) is 0 Å². The van der Waals surface area contributed by atoms with Crippen LogP contribution in [-0.4, -0.2) is 20.0 Å². The fourth-order valence-corrected chi connectivity index (χ4v) is 1.82. The summed E-state index contributed by atoms with van der Waals surface area (Å²) in [6, 6.07) is 10.3. The third kappa shape index (κ3) is 3.38. The second-order valence-corrected chi connectivity index (χ2v) is 7.74. The van der Waals surface area contributed by atoms with Crippen LogP contribution in [0.5, 0.6) is 0 Å². The molecule has 1 N–H and O–H groups in total. The molecule has 0 aliphatic rings. The molecule has 0 spiro atoms. The first-order valence-electron chi connectivity index (χ1n) is 3.73. The summed E-state index contributed by atoms with van der Waals surface area (Å²) in [7, 11) is -0.888. The molecule has 0 saturated carbocycles. The molecule has 1 nitrogen and oxygen atoms in total. The number of hydrogen-bond acceptors (Lipinski definition) is 1. The minimum absolute atomic E-state index is 0.888. The minimum Gasteiger partial charge on any atom is -0.262 e. The Labute approximate surface area is 69.2 Å². The first-order valence-corrected chi connectivity index (χ1v) is 6.86. The molecule has 0 saturated heterocycles. The molecule has 1 aromatic carbocycles. The molecule has 0 amide bonds. The molecule has 1 aromatic rings. The summed E-state index contributed by atoms with van der Waals surface area (Å²) >= 11 is 0. The molecule has 60 valence electrons. The number of benzene rings is 1. The van der Waals surface area contributed by atoms with E-state index in [1.165, 1.54) is 5.69 Å². The molecule has 0 aliphatic heterocycles. The summed E-state index contributed by atoms with van der Waals surface area (Å²) < 4.78 is 0. The monoisotopic (exact) mass is 168 g/mol. The summed E-state index contributed by atoms with van der Waals surface area (Å²) in [6.45, 7) is 6.79. The first kappa shape index (κ1) is 8.55. The highest BCUT2D eigenvalue weighted by Crippen LogP contribution is 2.45. The van der Waals surface area contributed by atoms with Crippen molar-refractivity contribution < 1.29 is 0 Å². The lowest BCUT2D eigenvalue weighted by Gasteiger charge is -2.13. The number of rotatable bonds is 2. The van der Waals surface area contributed by atoms with E-state index >= 15 is 0 Å². The van der Waals surface area contributed by atoms with E-state index < -0.39 is 7.41 Å². The van der Waals surface area contributed by atoms with Gasteiger partial charge in [0.1, 0.15) is 0 Å². The van der Waals surface area contributed by atoms with Gasteiger partial charge in [-0.2, -0.15) is 0 Å². The molecule has 0 heterocycles. The van der Waals surface area contributed by atoms with E-state index in [1.54, 1.807) is 0 Å². The maximum atomic E-state index is 3.49. The van der Waals surface area contributed by atoms with Gasteiger partial charge in [0.25, 0.3) is 0 Å². The Bertz CT molecular complexity index is 213. The van der Waals surface area contributed by atoms with Gasteiger partial charge >= 0.3 is 0 Å². The topological polar surface area (TPSA) is 12.0 Å². The average molecular weight is 168 g/mol. The fourth-order valence-electron chi connectivity index (χ4n) is 0.900. The third-order valence-electron chi connectivity index (χ3n) is 1.24. The van der Waals surface area contributed by atoms with Crippen LogP contribution in [0.3, 0.4) is 0 Å². The smallest absolute Gasteiger partial charge is 0.0930 e. The van der Waals surface area contributed by atoms with Crippen molar-refractivity contribution in [3.63, 3.8) is 0 Å². The predicted octanol–water partition coefficient (Wildman–Crippen LogP) is 2.92. The van der Waals surface area contributed by atoms with Gasteiger partial charge in [0.2, 0.25) is 0 Å². The Kier molecular flexibility index (Phi) is 2.51. The van der Waals surface area contributed by atoms with Gasteiger partial charge < -0.3 is 0 Å². The van der Waals surface area contributed by atoms with E-state index in [-0.39, 0.29) is 0 Å². The van der Waals surface area contributed by atoms with Crippen LogP contribution >= 0.6 is 7.41 Å². The second kappa shape index (κ2) is 3.23. The van der Waals surface area contributed by atoms with Crippen molar-refractivity contribution in [3.8, 4) is 0 Å². The molecule has 0 bridgehead atoms. The van der Waals surface area contributed by atoms with Crippen molar-refractivity contribution in [1.82, 2.24) is 0 Å². The molecule has 0 unspecified atom stereocenters. The van der Waals surface area contributed by atoms with Crippen LogP contribution in [-0.2, 0) is 0 Å². The van der Waals surface area contributed by atoms with E-state index in [0.29, 0.717) is 0 Å². The van der Waals surface area contributed by atoms with Crippen LogP contribution in [0.1, 0.15) is 0 Å². The van der Waals surface area contributed by atoms with Crippen molar-refractivity contribution >= 4 is 13.1 Å². The number of hydrogen-bond donors (Lipinski definition) is 1. The van der Waals surface area contributed by atoms with Crippen molar-refractivity contribution in [3.05, 3.63) is 30.3 Å². The largest absolute Gasteiger partial charge is 0.262 e. The van der Waals surface area contributed by atoms with Crippen LogP contribution in [0.4, 0.5) is 5.69 Å². The Morgan fingerprint density at radius 3 is 2.00 bits per heavy atom. The zero-order valence-corrected chi connectivity index (χ0v) is 8.23. The maximum Gasteiger partial charge on any atom is 0.0930 e. The molecule has 0 aliphatic carbocycles. The quantitative estimate of drug-likeness (QED) is 0.669. The SMILES string of the molecule is C[P+](C)(C)Nc1ccccc1. The van der Waals surface area contributed by atoms with E-state index in [2.05, 4.69) is 49.3 Å². The first-order chi connectivity index (χ1) is 5.08. The van der Waals surface area contributed by atoms with Crippen LogP contribution < -0.4 is 5.09 Å². The summed E-state index contributed by atoms with van der Waals surface area (Å²) in [5, 5.41) is 3.49. The highest BCUT2D eigenvalue weighted by molar-refractivity contribution is 7.75. The fraction of sp³-hybridized carbons (Fsp3) is 0.333. The van der Waals surface area contributed by atoms with Crippen LogP contribution in [0.15, 0.2) is 30.3 Å². The molecule has 11 heavy (non-hydrogen) atoms. The Hall–Kier alpha value is -0.550. The molecule has 0 atom stereocenters. The number of nitrogens with one attached hydrogen (secondary N) is 1. The van der Waals surface area contributed by atoms with Crippen molar-refractivity contribution in [1.29, 1.82) is 0 Å². The third-order valence-corrected chi connectivity index (χ3v) is 2.17. The van der Waals surface area contributed by atoms with Crippen molar-refractivity contribution in [2.75, 3.05) is 25.1 Å². The Morgan fingerprint density at radius 2 is 1.55 bits per heavy atom. The van der Waals surface area contributed by atoms with Gasteiger partial charge in [-0.1, -0.05) is 18.2 Å². The summed E-state index contributed by atoms with van der Waals surface area (Å²) in [5.74, 6) is 0. The molecule has 0 fully saturated rings. The predicted molar refractivity (Wildman–Crippen MR) is 54.8 cm³/mol. The standard InChI is InChI=1S/C9H15NP/c1-11(2,3)10-9-7-5-4-6-8-9/h4-8,10H,1-3H3/q+1. The number of para-hydroxylation sites is 1. The van der Waals surface area contributed by atoms with Gasteiger partial charge in [0, 0.05) is 0 Å². The zero-order chi connectivity index (χ0) is 8.32.